The Balaban J connectivity index is 2.44. The van der Waals surface area contributed by atoms with E-state index in [2.05, 4.69) is 38.1 Å². The Morgan fingerprint density at radius 3 is 2.28 bits per heavy atom. The van der Waals surface area contributed by atoms with Crippen molar-refractivity contribution < 1.29 is 9.53 Å². The highest BCUT2D eigenvalue weighted by molar-refractivity contribution is 5.69. The van der Waals surface area contributed by atoms with E-state index in [4.69, 9.17) is 4.74 Å². The quantitative estimate of drug-likeness (QED) is 0.746. The van der Waals surface area contributed by atoms with Gasteiger partial charge < -0.3 is 4.74 Å². The highest BCUT2D eigenvalue weighted by Gasteiger charge is 2.17. The topological polar surface area (TPSA) is 26.3 Å². The summed E-state index contributed by atoms with van der Waals surface area (Å²) in [4.78, 5) is 11.6. The molecule has 0 unspecified atom stereocenters. The van der Waals surface area contributed by atoms with E-state index < -0.39 is 0 Å². The smallest absolute Gasteiger partial charge is 0.306 e. The molecule has 0 N–H and O–H groups in total. The lowest BCUT2D eigenvalue weighted by molar-refractivity contribution is -0.155. The molecule has 0 fully saturated rings. The number of hydrogen-bond acceptors (Lipinski definition) is 2. The van der Waals surface area contributed by atoms with Gasteiger partial charge in [0.2, 0.25) is 0 Å². The Morgan fingerprint density at radius 1 is 1.22 bits per heavy atom. The molecule has 0 saturated carbocycles. The normalized spacial score (nSPS) is 13.2. The fourth-order valence-corrected chi connectivity index (χ4v) is 1.79. The maximum atomic E-state index is 11.6. The molecule has 0 spiro atoms. The molecule has 100 valence electrons. The Hall–Kier alpha value is -1.31. The van der Waals surface area contributed by atoms with Gasteiger partial charge in [0.05, 0.1) is 0 Å². The minimum Gasteiger partial charge on any atom is -0.460 e. The van der Waals surface area contributed by atoms with Crippen molar-refractivity contribution in [2.75, 3.05) is 0 Å². The van der Waals surface area contributed by atoms with Gasteiger partial charge in [0.25, 0.3) is 0 Å². The average Bonchev–Trinajstić information content (AvgIpc) is 2.24. The maximum absolute atomic E-state index is 11.6. The lowest BCUT2D eigenvalue weighted by Gasteiger charge is -2.20. The molecule has 1 rings (SSSR count). The molecule has 18 heavy (non-hydrogen) atoms. The minimum absolute atomic E-state index is 0.110. The van der Waals surface area contributed by atoms with Crippen LogP contribution in [0.5, 0.6) is 0 Å². The van der Waals surface area contributed by atoms with E-state index in [-0.39, 0.29) is 11.6 Å². The molecular formula is C16H24O2. The van der Waals surface area contributed by atoms with Crippen LogP contribution in [0.25, 0.3) is 0 Å². The fraction of sp³-hybridized carbons (Fsp3) is 0.562. The summed E-state index contributed by atoms with van der Waals surface area (Å²) in [5.41, 5.74) is 2.16. The molecule has 0 bridgehead atoms. The molecule has 0 aliphatic carbocycles. The monoisotopic (exact) mass is 248 g/mol. The van der Waals surface area contributed by atoms with Crippen molar-refractivity contribution in [1.82, 2.24) is 0 Å². The van der Waals surface area contributed by atoms with Crippen LogP contribution >= 0.6 is 0 Å². The standard InChI is InChI=1S/C16H24O2/c1-12-6-9-14(10-7-12)13(2)8-11-15(17)18-16(3,4)5/h6-7,9-10,13H,8,11H2,1-5H3/t13-/m0/s1. The van der Waals surface area contributed by atoms with E-state index in [0.29, 0.717) is 12.3 Å². The first kappa shape index (κ1) is 14.7. The number of ether oxygens (including phenoxy) is 1. The van der Waals surface area contributed by atoms with E-state index in [1.54, 1.807) is 0 Å². The van der Waals surface area contributed by atoms with Gasteiger partial charge in [0.15, 0.2) is 0 Å². The van der Waals surface area contributed by atoms with Gasteiger partial charge in [-0.1, -0.05) is 36.8 Å². The van der Waals surface area contributed by atoms with Gasteiger partial charge in [-0.3, -0.25) is 4.79 Å². The first-order chi connectivity index (χ1) is 8.28. The summed E-state index contributed by atoms with van der Waals surface area (Å²) in [6.07, 6.45) is 1.31. The number of benzene rings is 1. The van der Waals surface area contributed by atoms with Gasteiger partial charge >= 0.3 is 5.97 Å². The van der Waals surface area contributed by atoms with Gasteiger partial charge in [-0.05, 0) is 45.6 Å². The predicted molar refractivity (Wildman–Crippen MR) is 74.7 cm³/mol. The zero-order chi connectivity index (χ0) is 13.8. The molecule has 1 atom stereocenters. The molecule has 0 amide bonds. The summed E-state index contributed by atoms with van der Waals surface area (Å²) in [7, 11) is 0. The van der Waals surface area contributed by atoms with E-state index in [0.717, 1.165) is 6.42 Å². The molecule has 1 aromatic carbocycles. The van der Waals surface area contributed by atoms with E-state index in [1.165, 1.54) is 11.1 Å². The second-order valence-corrected chi connectivity index (χ2v) is 5.94. The Kier molecular flexibility index (Phi) is 4.94. The van der Waals surface area contributed by atoms with Crippen molar-refractivity contribution in [3.63, 3.8) is 0 Å². The lowest BCUT2D eigenvalue weighted by Crippen LogP contribution is -2.23. The minimum atomic E-state index is -0.385. The summed E-state index contributed by atoms with van der Waals surface area (Å²) in [5, 5.41) is 0. The molecule has 0 aliphatic rings. The Morgan fingerprint density at radius 2 is 1.78 bits per heavy atom. The van der Waals surface area contributed by atoms with Gasteiger partial charge in [0, 0.05) is 6.42 Å². The Labute approximate surface area is 110 Å². The second-order valence-electron chi connectivity index (χ2n) is 5.94. The van der Waals surface area contributed by atoms with Crippen molar-refractivity contribution >= 4 is 5.97 Å². The number of carbonyl (C=O) groups excluding carboxylic acids is 1. The third-order valence-corrected chi connectivity index (χ3v) is 2.85. The van der Waals surface area contributed by atoms with E-state index in [9.17, 15) is 4.79 Å². The summed E-state index contributed by atoms with van der Waals surface area (Å²) in [6, 6.07) is 8.49. The molecule has 0 radical (unpaired) electrons. The van der Waals surface area contributed by atoms with E-state index in [1.807, 2.05) is 20.8 Å². The summed E-state index contributed by atoms with van der Waals surface area (Å²) >= 11 is 0. The van der Waals surface area contributed by atoms with Crippen LogP contribution in [-0.2, 0) is 9.53 Å². The molecule has 0 heterocycles. The number of aryl methyl sites for hydroxylation is 1. The molecule has 2 nitrogen and oxygen atoms in total. The van der Waals surface area contributed by atoms with Crippen molar-refractivity contribution in [2.45, 2.75) is 59.0 Å². The lowest BCUT2D eigenvalue weighted by atomic mass is 9.95. The van der Waals surface area contributed by atoms with Crippen LogP contribution in [0.2, 0.25) is 0 Å². The van der Waals surface area contributed by atoms with Crippen LogP contribution in [0, 0.1) is 6.92 Å². The third kappa shape index (κ3) is 5.35. The molecular weight excluding hydrogens is 224 g/mol. The maximum Gasteiger partial charge on any atom is 0.306 e. The summed E-state index contributed by atoms with van der Waals surface area (Å²) in [6.45, 7) is 9.92. The van der Waals surface area contributed by atoms with E-state index >= 15 is 0 Å². The second kappa shape index (κ2) is 6.03. The molecule has 1 aromatic rings. The first-order valence-electron chi connectivity index (χ1n) is 6.56. The largest absolute Gasteiger partial charge is 0.460 e. The molecule has 2 heteroatoms. The number of carbonyl (C=O) groups is 1. The van der Waals surface area contributed by atoms with Gasteiger partial charge in [-0.25, -0.2) is 0 Å². The van der Waals surface area contributed by atoms with Crippen LogP contribution in [0.4, 0.5) is 0 Å². The number of hydrogen-bond donors (Lipinski definition) is 0. The zero-order valence-electron chi connectivity index (χ0n) is 12.1. The highest BCUT2D eigenvalue weighted by Crippen LogP contribution is 2.21. The van der Waals surface area contributed by atoms with Gasteiger partial charge in [0.1, 0.15) is 5.60 Å². The molecule has 0 saturated heterocycles. The predicted octanol–water partition coefficient (Wildman–Crippen LogP) is 4.22. The summed E-state index contributed by atoms with van der Waals surface area (Å²) in [5.74, 6) is 0.277. The summed E-state index contributed by atoms with van der Waals surface area (Å²) < 4.78 is 5.30. The highest BCUT2D eigenvalue weighted by atomic mass is 16.6. The van der Waals surface area contributed by atoms with Crippen molar-refractivity contribution in [3.8, 4) is 0 Å². The van der Waals surface area contributed by atoms with Gasteiger partial charge in [-0.15, -0.1) is 0 Å². The van der Waals surface area contributed by atoms with Crippen LogP contribution in [0.15, 0.2) is 24.3 Å². The molecule has 0 aromatic heterocycles. The number of rotatable bonds is 4. The molecule has 0 aliphatic heterocycles. The fourth-order valence-electron chi connectivity index (χ4n) is 1.79. The van der Waals surface area contributed by atoms with Crippen molar-refractivity contribution in [1.29, 1.82) is 0 Å². The average molecular weight is 248 g/mol. The van der Waals surface area contributed by atoms with Crippen LogP contribution < -0.4 is 0 Å². The zero-order valence-corrected chi connectivity index (χ0v) is 12.1. The van der Waals surface area contributed by atoms with Crippen molar-refractivity contribution in [2.24, 2.45) is 0 Å². The van der Waals surface area contributed by atoms with Crippen LogP contribution in [0.3, 0.4) is 0 Å². The Bertz CT molecular complexity index is 385. The number of esters is 1. The van der Waals surface area contributed by atoms with Crippen molar-refractivity contribution in [3.05, 3.63) is 35.4 Å². The first-order valence-corrected chi connectivity index (χ1v) is 6.56. The van der Waals surface area contributed by atoms with Gasteiger partial charge in [-0.2, -0.15) is 0 Å². The van der Waals surface area contributed by atoms with Crippen LogP contribution in [0.1, 0.15) is 57.6 Å². The third-order valence-electron chi connectivity index (χ3n) is 2.85. The van der Waals surface area contributed by atoms with Crippen LogP contribution in [-0.4, -0.2) is 11.6 Å². The SMILES string of the molecule is Cc1ccc([C@@H](C)CCC(=O)OC(C)(C)C)cc1.